The summed E-state index contributed by atoms with van der Waals surface area (Å²) in [5.41, 5.74) is -0.200. The third kappa shape index (κ3) is 9.63. The normalized spacial score (nSPS) is 14.3. The van der Waals surface area contributed by atoms with Gasteiger partial charge < -0.3 is 14.3 Å². The van der Waals surface area contributed by atoms with Crippen molar-refractivity contribution >= 4 is 13.8 Å². The molecule has 0 aliphatic heterocycles. The first kappa shape index (κ1) is 17.6. The zero-order chi connectivity index (χ0) is 14.4. The molecule has 0 saturated heterocycles. The topological polar surface area (TPSA) is 68.1 Å². The highest BCUT2D eigenvalue weighted by molar-refractivity contribution is 7.54. The van der Waals surface area contributed by atoms with Gasteiger partial charge >= 0.3 is 7.60 Å². The summed E-state index contributed by atoms with van der Waals surface area (Å²) in [5, 5.41) is 11.3. The largest absolute Gasteiger partial charge is 0.411 e. The summed E-state index contributed by atoms with van der Waals surface area (Å²) in [6.07, 6.45) is 1.13. The SMILES string of the molecule is CC(C)(C)COP(=O)(CC=NO)OCC(C)(C)C. The first-order valence-corrected chi connectivity index (χ1v) is 7.74. The molecule has 6 heteroatoms. The van der Waals surface area contributed by atoms with Gasteiger partial charge in [0.1, 0.15) is 0 Å². The first-order chi connectivity index (χ1) is 7.97. The lowest BCUT2D eigenvalue weighted by Gasteiger charge is -2.26. The van der Waals surface area contributed by atoms with Gasteiger partial charge in [0.2, 0.25) is 0 Å². The molecule has 0 fully saturated rings. The molecular weight excluding hydrogens is 253 g/mol. The molecule has 0 aromatic rings. The number of nitrogens with zero attached hydrogens (tertiary/aromatic N) is 1. The minimum absolute atomic E-state index is 0.0182. The standard InChI is InChI=1S/C12H26NO4P/c1-11(2,3)9-16-18(15,8-7-13-14)17-10-12(4,5)6/h7,14H,8-10H2,1-6H3. The second-order valence-corrected chi connectivity index (χ2v) is 8.86. The Kier molecular flexibility index (Phi) is 6.55. The molecule has 0 amide bonds. The zero-order valence-electron chi connectivity index (χ0n) is 12.3. The Bertz CT molecular complexity index is 293. The van der Waals surface area contributed by atoms with Crippen LogP contribution >= 0.6 is 7.60 Å². The first-order valence-electron chi connectivity index (χ1n) is 6.01. The average molecular weight is 279 g/mol. The van der Waals surface area contributed by atoms with Crippen molar-refractivity contribution < 1.29 is 18.8 Å². The molecule has 0 aromatic carbocycles. The van der Waals surface area contributed by atoms with E-state index in [1.165, 1.54) is 0 Å². The lowest BCUT2D eigenvalue weighted by atomic mass is 9.99. The average Bonchev–Trinajstić information content (AvgIpc) is 2.19. The maximum Gasteiger partial charge on any atom is 0.336 e. The van der Waals surface area contributed by atoms with Crippen molar-refractivity contribution in [2.45, 2.75) is 41.5 Å². The highest BCUT2D eigenvalue weighted by Gasteiger charge is 2.28. The van der Waals surface area contributed by atoms with Gasteiger partial charge in [0.15, 0.2) is 0 Å². The fraction of sp³-hybridized carbons (Fsp3) is 0.917. The summed E-state index contributed by atoms with van der Waals surface area (Å²) in [7, 11) is -3.24. The van der Waals surface area contributed by atoms with E-state index in [4.69, 9.17) is 14.3 Å². The number of hydrogen-bond acceptors (Lipinski definition) is 5. The number of rotatable bonds is 6. The van der Waals surface area contributed by atoms with E-state index in [0.29, 0.717) is 13.2 Å². The van der Waals surface area contributed by atoms with Crippen LogP contribution in [-0.4, -0.2) is 30.8 Å². The molecule has 108 valence electrons. The van der Waals surface area contributed by atoms with Crippen LogP contribution < -0.4 is 0 Å². The number of oxime groups is 1. The van der Waals surface area contributed by atoms with E-state index in [0.717, 1.165) is 6.21 Å². The summed E-state index contributed by atoms with van der Waals surface area (Å²) in [5.74, 6) is 0. The lowest BCUT2D eigenvalue weighted by Crippen LogP contribution is -2.18. The van der Waals surface area contributed by atoms with Crippen LogP contribution in [0, 0.1) is 10.8 Å². The minimum Gasteiger partial charge on any atom is -0.411 e. The van der Waals surface area contributed by atoms with Crippen molar-refractivity contribution in [2.24, 2.45) is 16.0 Å². The maximum absolute atomic E-state index is 12.4. The van der Waals surface area contributed by atoms with E-state index in [1.807, 2.05) is 41.5 Å². The minimum atomic E-state index is -3.24. The third-order valence-electron chi connectivity index (χ3n) is 1.78. The van der Waals surface area contributed by atoms with Crippen molar-refractivity contribution in [3.05, 3.63) is 0 Å². The quantitative estimate of drug-likeness (QED) is 0.348. The monoisotopic (exact) mass is 279 g/mol. The molecule has 5 nitrogen and oxygen atoms in total. The van der Waals surface area contributed by atoms with E-state index < -0.39 is 7.60 Å². The lowest BCUT2D eigenvalue weighted by molar-refractivity contribution is 0.125. The van der Waals surface area contributed by atoms with E-state index in [-0.39, 0.29) is 17.0 Å². The Balaban J connectivity index is 4.58. The van der Waals surface area contributed by atoms with E-state index in [1.54, 1.807) is 0 Å². The molecule has 0 bridgehead atoms. The van der Waals surface area contributed by atoms with Gasteiger partial charge in [-0.05, 0) is 10.8 Å². The predicted molar refractivity (Wildman–Crippen MR) is 73.6 cm³/mol. The van der Waals surface area contributed by atoms with Crippen molar-refractivity contribution in [3.63, 3.8) is 0 Å². The summed E-state index contributed by atoms with van der Waals surface area (Å²) < 4.78 is 23.3. The smallest absolute Gasteiger partial charge is 0.336 e. The maximum atomic E-state index is 12.4. The highest BCUT2D eigenvalue weighted by Crippen LogP contribution is 2.49. The molecular formula is C12H26NO4P. The predicted octanol–water partition coefficient (Wildman–Crippen LogP) is 3.76. The summed E-state index contributed by atoms with van der Waals surface area (Å²) in [6, 6.07) is 0. The Labute approximate surface area is 110 Å². The molecule has 0 atom stereocenters. The second kappa shape index (κ2) is 6.69. The Morgan fingerprint density at radius 2 is 1.44 bits per heavy atom. The van der Waals surface area contributed by atoms with Gasteiger partial charge in [0, 0.05) is 0 Å². The van der Waals surface area contributed by atoms with Crippen molar-refractivity contribution in [3.8, 4) is 0 Å². The molecule has 0 saturated carbocycles. The summed E-state index contributed by atoms with van der Waals surface area (Å²) in [4.78, 5) is 0. The van der Waals surface area contributed by atoms with Crippen LogP contribution in [-0.2, 0) is 13.6 Å². The van der Waals surface area contributed by atoms with Gasteiger partial charge in [0.25, 0.3) is 0 Å². The van der Waals surface area contributed by atoms with Gasteiger partial charge in [-0.1, -0.05) is 41.5 Å². The summed E-state index contributed by atoms with van der Waals surface area (Å²) in [6.45, 7) is 12.6. The molecule has 0 heterocycles. The molecule has 0 aliphatic rings. The van der Waals surface area contributed by atoms with Crippen LogP contribution in [0.25, 0.3) is 0 Å². The van der Waals surface area contributed by atoms with Gasteiger partial charge in [-0.15, -0.1) is 5.16 Å². The molecule has 0 rings (SSSR count). The van der Waals surface area contributed by atoms with Crippen LogP contribution in [0.1, 0.15) is 41.5 Å². The van der Waals surface area contributed by atoms with Crippen molar-refractivity contribution in [1.82, 2.24) is 0 Å². The Morgan fingerprint density at radius 3 is 1.72 bits per heavy atom. The van der Waals surface area contributed by atoms with E-state index in [9.17, 15) is 4.57 Å². The van der Waals surface area contributed by atoms with Crippen LogP contribution in [0.15, 0.2) is 5.16 Å². The van der Waals surface area contributed by atoms with Gasteiger partial charge in [0.05, 0.1) is 25.6 Å². The molecule has 18 heavy (non-hydrogen) atoms. The highest BCUT2D eigenvalue weighted by atomic mass is 31.2. The molecule has 1 N–H and O–H groups in total. The molecule has 0 aromatic heterocycles. The fourth-order valence-electron chi connectivity index (χ4n) is 0.863. The third-order valence-corrected chi connectivity index (χ3v) is 3.43. The van der Waals surface area contributed by atoms with Gasteiger partial charge in [-0.2, -0.15) is 0 Å². The second-order valence-electron chi connectivity index (χ2n) is 6.76. The number of hydrogen-bond donors (Lipinski definition) is 1. The molecule has 0 unspecified atom stereocenters. The summed E-state index contributed by atoms with van der Waals surface area (Å²) >= 11 is 0. The Hall–Kier alpha value is -0.380. The van der Waals surface area contributed by atoms with Gasteiger partial charge in [-0.3, -0.25) is 4.57 Å². The molecule has 0 radical (unpaired) electrons. The zero-order valence-corrected chi connectivity index (χ0v) is 13.2. The van der Waals surface area contributed by atoms with E-state index in [2.05, 4.69) is 5.16 Å². The van der Waals surface area contributed by atoms with Crippen molar-refractivity contribution in [2.75, 3.05) is 19.4 Å². The van der Waals surface area contributed by atoms with Crippen molar-refractivity contribution in [1.29, 1.82) is 0 Å². The Morgan fingerprint density at radius 1 is 1.06 bits per heavy atom. The van der Waals surface area contributed by atoms with Crippen LogP contribution in [0.2, 0.25) is 0 Å². The van der Waals surface area contributed by atoms with Crippen LogP contribution in [0.4, 0.5) is 0 Å². The van der Waals surface area contributed by atoms with Crippen LogP contribution in [0.5, 0.6) is 0 Å². The van der Waals surface area contributed by atoms with Gasteiger partial charge in [-0.25, -0.2) is 0 Å². The molecule has 0 spiro atoms. The van der Waals surface area contributed by atoms with E-state index >= 15 is 0 Å². The molecule has 0 aliphatic carbocycles. The fourth-order valence-corrected chi connectivity index (χ4v) is 2.59. The van der Waals surface area contributed by atoms with Crippen LogP contribution in [0.3, 0.4) is 0 Å².